The molecule has 2 fully saturated rings. The van der Waals surface area contributed by atoms with E-state index in [-0.39, 0.29) is 11.7 Å². The summed E-state index contributed by atoms with van der Waals surface area (Å²) in [5.74, 6) is -10.7. The van der Waals surface area contributed by atoms with Crippen LogP contribution in [0.15, 0.2) is 0 Å². The highest BCUT2D eigenvalue weighted by Gasteiger charge is 2.67. The van der Waals surface area contributed by atoms with Gasteiger partial charge in [-0.05, 0) is 25.7 Å². The summed E-state index contributed by atoms with van der Waals surface area (Å²) in [6.07, 6.45) is -0.125. The van der Waals surface area contributed by atoms with E-state index >= 15 is 0 Å². The van der Waals surface area contributed by atoms with Crippen molar-refractivity contribution in [2.24, 2.45) is 5.92 Å². The van der Waals surface area contributed by atoms with Crippen molar-refractivity contribution in [1.82, 2.24) is 0 Å². The van der Waals surface area contributed by atoms with E-state index in [4.69, 9.17) is 9.47 Å². The predicted molar refractivity (Wildman–Crippen MR) is 76.1 cm³/mol. The molecule has 3 rings (SSSR count). The summed E-state index contributed by atoms with van der Waals surface area (Å²) in [6.45, 7) is 4.35. The lowest BCUT2D eigenvalue weighted by molar-refractivity contribution is -0.139. The number of carbonyl (C=O) groups is 1. The number of Topliss-reactive ketones (excluding diaryl/α,β-unsaturated/α-hetero) is 1. The highest BCUT2D eigenvalue weighted by atomic mass is 19.2. The monoisotopic (exact) mass is 364 g/mol. The molecule has 1 aromatic carbocycles. The molecule has 0 amide bonds. The Morgan fingerprint density at radius 1 is 1.04 bits per heavy atom. The summed E-state index contributed by atoms with van der Waals surface area (Å²) in [4.78, 5) is 12.7. The van der Waals surface area contributed by atoms with Crippen LogP contribution in [0.2, 0.25) is 0 Å². The number of fused-ring (bicyclic) bond motifs is 2. The minimum Gasteiger partial charge on any atom is -0.362 e. The summed E-state index contributed by atoms with van der Waals surface area (Å²) in [7, 11) is 0. The minimum atomic E-state index is -2.23. The molecule has 138 valence electrons. The number of benzene rings is 1. The third-order valence-electron chi connectivity index (χ3n) is 5.25. The Morgan fingerprint density at radius 3 is 2.04 bits per heavy atom. The molecule has 0 N–H and O–H groups in total. The molecule has 0 aromatic heterocycles. The number of carbonyl (C=O) groups excluding carboxylic acids is 1. The van der Waals surface area contributed by atoms with E-state index in [1.807, 2.05) is 13.8 Å². The Morgan fingerprint density at radius 2 is 1.56 bits per heavy atom. The lowest BCUT2D eigenvalue weighted by Crippen LogP contribution is -2.48. The maximum absolute atomic E-state index is 13.7. The van der Waals surface area contributed by atoms with Gasteiger partial charge in [-0.25, -0.2) is 22.0 Å². The first-order valence-electron chi connectivity index (χ1n) is 7.91. The molecular formula is C17H17F5O3. The van der Waals surface area contributed by atoms with Gasteiger partial charge in [-0.15, -0.1) is 0 Å². The van der Waals surface area contributed by atoms with Crippen LogP contribution in [0.1, 0.15) is 39.2 Å². The molecule has 0 aliphatic carbocycles. The number of hydrogen-bond acceptors (Lipinski definition) is 3. The molecule has 3 atom stereocenters. The zero-order valence-electron chi connectivity index (χ0n) is 13.9. The second-order valence-electron chi connectivity index (χ2n) is 7.06. The lowest BCUT2D eigenvalue weighted by atomic mass is 9.74. The smallest absolute Gasteiger partial charge is 0.200 e. The largest absolute Gasteiger partial charge is 0.362 e. The highest BCUT2D eigenvalue weighted by molar-refractivity contribution is 5.96. The molecule has 3 nitrogen and oxygen atoms in total. The van der Waals surface area contributed by atoms with Gasteiger partial charge in [0.25, 0.3) is 0 Å². The third-order valence-corrected chi connectivity index (χ3v) is 5.25. The van der Waals surface area contributed by atoms with E-state index in [0.29, 0.717) is 12.8 Å². The van der Waals surface area contributed by atoms with Crippen LogP contribution >= 0.6 is 0 Å². The maximum Gasteiger partial charge on any atom is 0.200 e. The van der Waals surface area contributed by atoms with Crippen LogP contribution in [-0.4, -0.2) is 23.1 Å². The summed E-state index contributed by atoms with van der Waals surface area (Å²) in [5, 5.41) is 0. The van der Waals surface area contributed by atoms with Crippen molar-refractivity contribution < 1.29 is 36.2 Å². The van der Waals surface area contributed by atoms with E-state index in [1.165, 1.54) is 0 Å². The zero-order chi connectivity index (χ0) is 18.7. The Labute approximate surface area is 141 Å². The Hall–Kier alpha value is -1.54. The standard InChI is InChI=1S/C17H17F5O3/c1-7(2)17-5-4-16(3,25-17)15(14(17)23)24-6-8-9(18)11(20)13(22)12(21)10(8)19/h7,15H,4-6H2,1-3H3/t15-,16+,17+/m1/s1. The Bertz CT molecular complexity index is 721. The van der Waals surface area contributed by atoms with E-state index in [2.05, 4.69) is 0 Å². The van der Waals surface area contributed by atoms with E-state index in [1.54, 1.807) is 6.92 Å². The first kappa shape index (κ1) is 18.3. The fourth-order valence-electron chi connectivity index (χ4n) is 3.70. The quantitative estimate of drug-likeness (QED) is 0.463. The average molecular weight is 364 g/mol. The molecule has 2 bridgehead atoms. The maximum atomic E-state index is 13.7. The first-order valence-corrected chi connectivity index (χ1v) is 7.91. The van der Waals surface area contributed by atoms with Crippen molar-refractivity contribution in [3.05, 3.63) is 34.6 Å². The van der Waals surface area contributed by atoms with Gasteiger partial charge in [0, 0.05) is 0 Å². The molecule has 1 aromatic rings. The van der Waals surface area contributed by atoms with Gasteiger partial charge in [-0.3, -0.25) is 4.79 Å². The zero-order valence-corrected chi connectivity index (χ0v) is 13.9. The first-order chi connectivity index (χ1) is 11.5. The summed E-state index contributed by atoms with van der Waals surface area (Å²) < 4.78 is 78.3. The molecule has 25 heavy (non-hydrogen) atoms. The Kier molecular flexibility index (Phi) is 4.19. The van der Waals surface area contributed by atoms with Gasteiger partial charge in [0.1, 0.15) is 17.3 Å². The van der Waals surface area contributed by atoms with Crippen LogP contribution < -0.4 is 0 Å². The molecule has 0 saturated carbocycles. The van der Waals surface area contributed by atoms with E-state index in [9.17, 15) is 26.7 Å². The van der Waals surface area contributed by atoms with Gasteiger partial charge in [-0.1, -0.05) is 13.8 Å². The van der Waals surface area contributed by atoms with Crippen LogP contribution in [0, 0.1) is 35.0 Å². The molecule has 0 unspecified atom stereocenters. The number of rotatable bonds is 4. The minimum absolute atomic E-state index is 0.135. The second kappa shape index (κ2) is 5.74. The summed E-state index contributed by atoms with van der Waals surface area (Å²) in [6, 6.07) is 0. The van der Waals surface area contributed by atoms with Crippen molar-refractivity contribution in [2.45, 2.75) is 57.5 Å². The molecule has 2 aliphatic heterocycles. The van der Waals surface area contributed by atoms with Crippen LogP contribution in [0.3, 0.4) is 0 Å². The number of ether oxygens (including phenoxy) is 2. The van der Waals surface area contributed by atoms with Crippen molar-refractivity contribution in [3.63, 3.8) is 0 Å². The van der Waals surface area contributed by atoms with Crippen molar-refractivity contribution >= 4 is 5.78 Å². The number of hydrogen-bond donors (Lipinski definition) is 0. The summed E-state index contributed by atoms with van der Waals surface area (Å²) >= 11 is 0. The Balaban J connectivity index is 1.88. The number of ketones is 1. The van der Waals surface area contributed by atoms with Crippen LogP contribution in [0.5, 0.6) is 0 Å². The molecule has 8 heteroatoms. The molecule has 0 spiro atoms. The van der Waals surface area contributed by atoms with E-state index in [0.717, 1.165) is 0 Å². The van der Waals surface area contributed by atoms with Crippen LogP contribution in [-0.2, 0) is 20.9 Å². The SMILES string of the molecule is CC(C)[C@]12CC[C@](C)(O1)[C@H](OCc1c(F)c(F)c(F)c(F)c1F)C2=O. The average Bonchev–Trinajstić information content (AvgIpc) is 3.03. The normalized spacial score (nSPS) is 31.4. The van der Waals surface area contributed by atoms with Gasteiger partial charge in [0.15, 0.2) is 29.1 Å². The molecule has 2 aliphatic rings. The number of halogens is 5. The third kappa shape index (κ3) is 2.41. The molecule has 2 saturated heterocycles. The summed E-state index contributed by atoms with van der Waals surface area (Å²) in [5.41, 5.74) is -3.12. The van der Waals surface area contributed by atoms with Crippen molar-refractivity contribution in [3.8, 4) is 0 Å². The fourth-order valence-corrected chi connectivity index (χ4v) is 3.70. The van der Waals surface area contributed by atoms with Gasteiger partial charge >= 0.3 is 0 Å². The van der Waals surface area contributed by atoms with Crippen LogP contribution in [0.4, 0.5) is 22.0 Å². The van der Waals surface area contributed by atoms with Gasteiger partial charge in [0.05, 0.1) is 12.2 Å². The predicted octanol–water partition coefficient (Wildman–Crippen LogP) is 3.81. The fraction of sp³-hybridized carbons (Fsp3) is 0.588. The second-order valence-corrected chi connectivity index (χ2v) is 7.06. The molecule has 0 radical (unpaired) electrons. The van der Waals surface area contributed by atoms with Crippen molar-refractivity contribution in [2.75, 3.05) is 0 Å². The highest BCUT2D eigenvalue weighted by Crippen LogP contribution is 2.53. The van der Waals surface area contributed by atoms with E-state index < -0.39 is 58.6 Å². The topological polar surface area (TPSA) is 35.5 Å². The van der Waals surface area contributed by atoms with Gasteiger partial charge in [-0.2, -0.15) is 0 Å². The van der Waals surface area contributed by atoms with Crippen molar-refractivity contribution in [1.29, 1.82) is 0 Å². The lowest BCUT2D eigenvalue weighted by Gasteiger charge is -2.30. The van der Waals surface area contributed by atoms with Gasteiger partial charge in [0.2, 0.25) is 5.82 Å². The van der Waals surface area contributed by atoms with Gasteiger partial charge < -0.3 is 9.47 Å². The molecule has 2 heterocycles. The molecular weight excluding hydrogens is 347 g/mol. The van der Waals surface area contributed by atoms with Crippen LogP contribution in [0.25, 0.3) is 0 Å².